The highest BCUT2D eigenvalue weighted by Gasteiger charge is 2.26. The third-order valence-corrected chi connectivity index (χ3v) is 9.12. The van der Waals surface area contributed by atoms with Crippen molar-refractivity contribution in [2.45, 2.75) is 76.4 Å². The number of hydrogen-bond acceptors (Lipinski definition) is 5. The second-order valence-corrected chi connectivity index (χ2v) is 11.3. The molecule has 174 valence electrons. The average Bonchev–Trinajstić information content (AvgIpc) is 3.00. The van der Waals surface area contributed by atoms with Crippen LogP contribution in [-0.2, 0) is 17.6 Å². The van der Waals surface area contributed by atoms with Crippen LogP contribution in [0.25, 0.3) is 15.9 Å². The number of rotatable bonds is 4. The van der Waals surface area contributed by atoms with Gasteiger partial charge in [-0.05, 0) is 76.0 Å². The molecule has 1 aromatic carbocycles. The molecule has 5 nitrogen and oxygen atoms in total. The van der Waals surface area contributed by atoms with Crippen LogP contribution in [0.4, 0.5) is 0 Å². The first-order valence-corrected chi connectivity index (χ1v) is 13.9. The van der Waals surface area contributed by atoms with E-state index < -0.39 is 0 Å². The maximum absolute atomic E-state index is 14.0. The van der Waals surface area contributed by atoms with Gasteiger partial charge in [-0.15, -0.1) is 11.3 Å². The van der Waals surface area contributed by atoms with Crippen LogP contribution >= 0.6 is 23.1 Å². The predicted molar refractivity (Wildman–Crippen MR) is 137 cm³/mol. The molecule has 0 radical (unpaired) electrons. The normalized spacial score (nSPS) is 18.8. The zero-order valence-electron chi connectivity index (χ0n) is 19.4. The Labute approximate surface area is 203 Å². The fourth-order valence-corrected chi connectivity index (χ4v) is 7.36. The fraction of sp³-hybridized carbons (Fsp3) is 0.500. The van der Waals surface area contributed by atoms with Crippen molar-refractivity contribution >= 4 is 39.2 Å². The lowest BCUT2D eigenvalue weighted by molar-refractivity contribution is -0.131. The first kappa shape index (κ1) is 22.7. The van der Waals surface area contributed by atoms with Gasteiger partial charge in [-0.2, -0.15) is 0 Å². The highest BCUT2D eigenvalue weighted by molar-refractivity contribution is 7.99. The number of thiophene rings is 1. The highest BCUT2D eigenvalue weighted by Crippen LogP contribution is 2.35. The first-order valence-electron chi connectivity index (χ1n) is 12.1. The zero-order chi connectivity index (χ0) is 22.9. The molecule has 1 amide bonds. The standard InChI is InChI=1S/C26H31N3O2S2/c1-17-10-6-7-13-20(17)29-25(31)23-19-12-4-3-5-14-21(19)33-24(23)27-26(29)32-16-22(30)28-15-9-8-11-18(28)2/h6-7,10,13,18H,3-5,8-9,11-12,14-16H2,1-2H3/t18-/m1/s1. The average molecular weight is 482 g/mol. The third-order valence-electron chi connectivity index (χ3n) is 7.01. The Kier molecular flexibility index (Phi) is 6.61. The first-order chi connectivity index (χ1) is 16.0. The van der Waals surface area contributed by atoms with Gasteiger partial charge in [0.1, 0.15) is 4.83 Å². The third kappa shape index (κ3) is 4.37. The number of benzene rings is 1. The molecule has 0 N–H and O–H groups in total. The van der Waals surface area contributed by atoms with Crippen molar-refractivity contribution in [3.05, 3.63) is 50.6 Å². The lowest BCUT2D eigenvalue weighted by Crippen LogP contribution is -2.43. The summed E-state index contributed by atoms with van der Waals surface area (Å²) in [5.74, 6) is 0.444. The summed E-state index contributed by atoms with van der Waals surface area (Å²) in [4.78, 5) is 36.2. The molecule has 0 saturated carbocycles. The number of carbonyl (C=O) groups excluding carboxylic acids is 1. The van der Waals surface area contributed by atoms with Gasteiger partial charge < -0.3 is 4.90 Å². The molecular formula is C26H31N3O2S2. The van der Waals surface area contributed by atoms with Crippen LogP contribution < -0.4 is 5.56 Å². The maximum Gasteiger partial charge on any atom is 0.267 e. The lowest BCUT2D eigenvalue weighted by Gasteiger charge is -2.33. The van der Waals surface area contributed by atoms with Crippen LogP contribution in [0.2, 0.25) is 0 Å². The van der Waals surface area contributed by atoms with E-state index in [0.717, 1.165) is 60.1 Å². The van der Waals surface area contributed by atoms with Gasteiger partial charge in [0.2, 0.25) is 5.91 Å². The van der Waals surface area contributed by atoms with Crippen LogP contribution in [0.1, 0.15) is 61.5 Å². The molecule has 1 aliphatic carbocycles. The molecule has 0 unspecified atom stereocenters. The van der Waals surface area contributed by atoms with Gasteiger partial charge in [-0.1, -0.05) is 36.4 Å². The SMILES string of the molecule is Cc1ccccc1-n1c(SCC(=O)N2CCCC[C@H]2C)nc2sc3c(c2c1=O)CCCCC3. The summed E-state index contributed by atoms with van der Waals surface area (Å²) in [6.07, 6.45) is 8.83. The van der Waals surface area contributed by atoms with Crippen molar-refractivity contribution in [1.82, 2.24) is 14.5 Å². The largest absolute Gasteiger partial charge is 0.339 e. The van der Waals surface area contributed by atoms with Crippen molar-refractivity contribution in [2.75, 3.05) is 12.3 Å². The summed E-state index contributed by atoms with van der Waals surface area (Å²) in [5.41, 5.74) is 3.10. The molecule has 33 heavy (non-hydrogen) atoms. The molecular weight excluding hydrogens is 450 g/mol. The summed E-state index contributed by atoms with van der Waals surface area (Å²) in [6, 6.07) is 8.24. The molecule has 1 aliphatic heterocycles. The van der Waals surface area contributed by atoms with Crippen molar-refractivity contribution in [3.63, 3.8) is 0 Å². The molecule has 2 aromatic heterocycles. The van der Waals surface area contributed by atoms with Gasteiger partial charge in [0.15, 0.2) is 5.16 Å². The summed E-state index contributed by atoms with van der Waals surface area (Å²) < 4.78 is 1.76. The van der Waals surface area contributed by atoms with Crippen molar-refractivity contribution in [2.24, 2.45) is 0 Å². The number of nitrogens with zero attached hydrogens (tertiary/aromatic N) is 3. The van der Waals surface area contributed by atoms with E-state index >= 15 is 0 Å². The zero-order valence-corrected chi connectivity index (χ0v) is 21.1. The quantitative estimate of drug-likeness (QED) is 0.280. The number of likely N-dealkylation sites (tertiary alicyclic amines) is 1. The van der Waals surface area contributed by atoms with E-state index in [4.69, 9.17) is 4.98 Å². The van der Waals surface area contributed by atoms with E-state index in [1.54, 1.807) is 15.9 Å². The van der Waals surface area contributed by atoms with Crippen LogP contribution in [0, 0.1) is 6.92 Å². The molecule has 0 bridgehead atoms. The number of para-hydroxylation sites is 1. The van der Waals surface area contributed by atoms with E-state index in [-0.39, 0.29) is 17.5 Å². The Morgan fingerprint density at radius 3 is 2.79 bits per heavy atom. The van der Waals surface area contributed by atoms with Gasteiger partial charge in [-0.25, -0.2) is 4.98 Å². The van der Waals surface area contributed by atoms with Crippen LogP contribution in [0.3, 0.4) is 0 Å². The number of thioether (sulfide) groups is 1. The number of hydrogen-bond donors (Lipinski definition) is 0. The Hall–Kier alpha value is -2.12. The van der Waals surface area contributed by atoms with Crippen molar-refractivity contribution in [3.8, 4) is 5.69 Å². The topological polar surface area (TPSA) is 55.2 Å². The summed E-state index contributed by atoms with van der Waals surface area (Å²) in [5, 5.41) is 1.41. The van der Waals surface area contributed by atoms with E-state index in [1.165, 1.54) is 41.5 Å². The fourth-order valence-electron chi connectivity index (χ4n) is 5.16. The van der Waals surface area contributed by atoms with Gasteiger partial charge in [0.05, 0.1) is 16.8 Å². The Balaban J connectivity index is 1.58. The lowest BCUT2D eigenvalue weighted by atomic mass is 10.0. The number of aromatic nitrogens is 2. The van der Waals surface area contributed by atoms with E-state index in [0.29, 0.717) is 10.9 Å². The van der Waals surface area contributed by atoms with Gasteiger partial charge >= 0.3 is 0 Å². The molecule has 7 heteroatoms. The Bertz CT molecular complexity index is 1250. The molecule has 1 atom stereocenters. The van der Waals surface area contributed by atoms with E-state index in [1.807, 2.05) is 36.1 Å². The Morgan fingerprint density at radius 2 is 1.97 bits per heavy atom. The molecule has 3 aromatic rings. The highest BCUT2D eigenvalue weighted by atomic mass is 32.2. The number of carbonyl (C=O) groups is 1. The van der Waals surface area contributed by atoms with Crippen molar-refractivity contribution in [1.29, 1.82) is 0 Å². The predicted octanol–water partition coefficient (Wildman–Crippen LogP) is 5.52. The number of piperidine rings is 1. The number of amides is 1. The summed E-state index contributed by atoms with van der Waals surface area (Å²) in [7, 11) is 0. The second-order valence-electron chi connectivity index (χ2n) is 9.29. The minimum atomic E-state index is 0.00925. The number of fused-ring (bicyclic) bond motifs is 3. The monoisotopic (exact) mass is 481 g/mol. The van der Waals surface area contributed by atoms with Crippen LogP contribution in [-0.4, -0.2) is 38.7 Å². The maximum atomic E-state index is 14.0. The van der Waals surface area contributed by atoms with Gasteiger partial charge in [0.25, 0.3) is 5.56 Å². The smallest absolute Gasteiger partial charge is 0.267 e. The van der Waals surface area contributed by atoms with Gasteiger partial charge in [0, 0.05) is 17.5 Å². The minimum Gasteiger partial charge on any atom is -0.339 e. The van der Waals surface area contributed by atoms with Crippen LogP contribution in [0.5, 0.6) is 0 Å². The van der Waals surface area contributed by atoms with Crippen molar-refractivity contribution < 1.29 is 4.79 Å². The van der Waals surface area contributed by atoms with E-state index in [9.17, 15) is 9.59 Å². The molecule has 1 saturated heterocycles. The molecule has 0 spiro atoms. The minimum absolute atomic E-state index is 0.00925. The van der Waals surface area contributed by atoms with E-state index in [2.05, 4.69) is 6.92 Å². The molecule has 3 heterocycles. The molecule has 5 rings (SSSR count). The number of aryl methyl sites for hydroxylation is 3. The molecule has 2 aliphatic rings. The second kappa shape index (κ2) is 9.63. The summed E-state index contributed by atoms with van der Waals surface area (Å²) in [6.45, 7) is 4.98. The van der Waals surface area contributed by atoms with Crippen LogP contribution in [0.15, 0.2) is 34.2 Å². The van der Waals surface area contributed by atoms with Gasteiger partial charge in [-0.3, -0.25) is 14.2 Å². The Morgan fingerprint density at radius 1 is 1.15 bits per heavy atom. The summed E-state index contributed by atoms with van der Waals surface area (Å²) >= 11 is 3.08. The molecule has 1 fully saturated rings.